The number of carbonyl (C=O) groups excluding carboxylic acids is 2. The van der Waals surface area contributed by atoms with Crippen molar-refractivity contribution >= 4 is 23.1 Å². The Hall–Kier alpha value is -4.26. The fourth-order valence-corrected chi connectivity index (χ4v) is 5.49. The van der Waals surface area contributed by atoms with Crippen LogP contribution < -0.4 is 19.1 Å². The first kappa shape index (κ1) is 25.0. The van der Waals surface area contributed by atoms with Crippen LogP contribution in [0.25, 0.3) is 5.76 Å². The van der Waals surface area contributed by atoms with Crippen LogP contribution >= 0.6 is 0 Å². The van der Waals surface area contributed by atoms with E-state index >= 15 is 0 Å². The minimum absolute atomic E-state index is 0.0412. The van der Waals surface area contributed by atoms with E-state index in [-0.39, 0.29) is 22.9 Å². The number of ketones is 1. The fourth-order valence-electron chi connectivity index (χ4n) is 5.49. The predicted octanol–water partition coefficient (Wildman–Crippen LogP) is 5.71. The number of aliphatic hydroxyl groups is 1. The Labute approximate surface area is 227 Å². The van der Waals surface area contributed by atoms with Crippen molar-refractivity contribution < 1.29 is 28.9 Å². The Morgan fingerprint density at radius 1 is 0.897 bits per heavy atom. The molecular formula is C32H31NO6. The minimum atomic E-state index is -0.829. The molecule has 3 aromatic carbocycles. The number of aliphatic hydroxyl groups excluding tert-OH is 1. The van der Waals surface area contributed by atoms with Crippen LogP contribution in [0.2, 0.25) is 0 Å². The van der Waals surface area contributed by atoms with Gasteiger partial charge in [-0.3, -0.25) is 14.5 Å². The number of nitrogens with zero attached hydrogens (tertiary/aromatic N) is 1. The molecule has 200 valence electrons. The van der Waals surface area contributed by atoms with E-state index in [9.17, 15) is 14.7 Å². The molecule has 0 aliphatic carbocycles. The normalized spacial score (nSPS) is 21.6. The highest BCUT2D eigenvalue weighted by Gasteiger charge is 2.47. The zero-order chi connectivity index (χ0) is 27.5. The van der Waals surface area contributed by atoms with E-state index in [0.717, 1.165) is 22.4 Å². The van der Waals surface area contributed by atoms with Gasteiger partial charge in [-0.1, -0.05) is 45.0 Å². The lowest BCUT2D eigenvalue weighted by molar-refractivity contribution is -0.132. The molecule has 0 aromatic heterocycles. The van der Waals surface area contributed by atoms with Crippen molar-refractivity contribution in [2.24, 2.45) is 0 Å². The second kappa shape index (κ2) is 9.19. The molecule has 0 spiro atoms. The lowest BCUT2D eigenvalue weighted by atomic mass is 9.85. The maximum Gasteiger partial charge on any atom is 0.300 e. The van der Waals surface area contributed by atoms with E-state index in [2.05, 4.69) is 20.8 Å². The molecule has 0 bridgehead atoms. The number of carbonyl (C=O) groups is 2. The predicted molar refractivity (Wildman–Crippen MR) is 148 cm³/mol. The summed E-state index contributed by atoms with van der Waals surface area (Å²) in [7, 11) is 0. The van der Waals surface area contributed by atoms with Crippen LogP contribution in [-0.4, -0.2) is 36.1 Å². The Kier molecular flexibility index (Phi) is 5.90. The molecule has 3 aromatic rings. The van der Waals surface area contributed by atoms with Gasteiger partial charge in [0.15, 0.2) is 11.5 Å². The van der Waals surface area contributed by atoms with E-state index in [4.69, 9.17) is 14.2 Å². The van der Waals surface area contributed by atoms with E-state index in [1.54, 1.807) is 30.3 Å². The van der Waals surface area contributed by atoms with Gasteiger partial charge in [-0.15, -0.1) is 0 Å². The van der Waals surface area contributed by atoms with Gasteiger partial charge in [-0.05, 0) is 59.4 Å². The molecule has 2 unspecified atom stereocenters. The largest absolute Gasteiger partial charge is 0.507 e. The molecule has 1 amide bonds. The highest BCUT2D eigenvalue weighted by molar-refractivity contribution is 6.51. The summed E-state index contributed by atoms with van der Waals surface area (Å²) >= 11 is 0. The number of benzene rings is 3. The van der Waals surface area contributed by atoms with Crippen LogP contribution in [0, 0.1) is 0 Å². The zero-order valence-electron chi connectivity index (χ0n) is 22.5. The Morgan fingerprint density at radius 2 is 1.59 bits per heavy atom. The standard InChI is InChI=1S/C32H31NO6/c1-18-15-21-16-20(7-11-24(21)39-18)29(34)27-28(19-5-8-22(9-6-19)32(2,3)4)33(31(36)30(27)35)23-10-12-25-26(17-23)38-14-13-37-25/h5-12,16-18,28,34H,13-15H2,1-4H3/b29-27+. The maximum atomic E-state index is 13.6. The van der Waals surface area contributed by atoms with Gasteiger partial charge in [0.05, 0.1) is 11.6 Å². The third-order valence-electron chi connectivity index (χ3n) is 7.51. The number of hydrogen-bond acceptors (Lipinski definition) is 6. The van der Waals surface area contributed by atoms with Crippen molar-refractivity contribution in [1.29, 1.82) is 0 Å². The monoisotopic (exact) mass is 525 g/mol. The number of rotatable bonds is 3. The quantitative estimate of drug-likeness (QED) is 0.268. The molecule has 0 saturated carbocycles. The molecule has 2 atom stereocenters. The van der Waals surface area contributed by atoms with Crippen molar-refractivity contribution in [2.75, 3.05) is 18.1 Å². The average Bonchev–Trinajstić information content (AvgIpc) is 3.42. The highest BCUT2D eigenvalue weighted by Crippen LogP contribution is 2.45. The smallest absolute Gasteiger partial charge is 0.300 e. The summed E-state index contributed by atoms with van der Waals surface area (Å²) in [5, 5.41) is 11.6. The number of hydrogen-bond donors (Lipinski definition) is 1. The van der Waals surface area contributed by atoms with E-state index in [1.807, 2.05) is 37.3 Å². The Morgan fingerprint density at radius 3 is 2.31 bits per heavy atom. The number of Topliss-reactive ketones (excluding diaryl/α,β-unsaturated/α-hetero) is 1. The molecule has 3 aliphatic rings. The van der Waals surface area contributed by atoms with Crippen LogP contribution in [0.1, 0.15) is 56.0 Å². The first-order valence-corrected chi connectivity index (χ1v) is 13.2. The van der Waals surface area contributed by atoms with Gasteiger partial charge in [-0.25, -0.2) is 0 Å². The summed E-state index contributed by atoms with van der Waals surface area (Å²) in [6.07, 6.45) is 0.749. The number of anilines is 1. The van der Waals surface area contributed by atoms with Gasteiger partial charge in [0.1, 0.15) is 30.8 Å². The molecule has 1 N–H and O–H groups in total. The first-order valence-electron chi connectivity index (χ1n) is 13.2. The van der Waals surface area contributed by atoms with Crippen LogP contribution in [0.3, 0.4) is 0 Å². The van der Waals surface area contributed by atoms with Crippen molar-refractivity contribution in [2.45, 2.75) is 51.7 Å². The maximum absolute atomic E-state index is 13.6. The molecule has 1 fully saturated rings. The molecule has 1 saturated heterocycles. The summed E-state index contributed by atoms with van der Waals surface area (Å²) < 4.78 is 17.2. The minimum Gasteiger partial charge on any atom is -0.507 e. The first-order chi connectivity index (χ1) is 18.6. The SMILES string of the molecule is CC1Cc2cc(/C(O)=C3\C(=O)C(=O)N(c4ccc5c(c4)OCCO5)C3c3ccc(C(C)(C)C)cc3)ccc2O1. The number of fused-ring (bicyclic) bond motifs is 2. The molecule has 0 radical (unpaired) electrons. The summed E-state index contributed by atoms with van der Waals surface area (Å²) in [6, 6.07) is 17.6. The molecular weight excluding hydrogens is 494 g/mol. The highest BCUT2D eigenvalue weighted by atomic mass is 16.6. The topological polar surface area (TPSA) is 85.3 Å². The molecule has 7 nitrogen and oxygen atoms in total. The second-order valence-electron chi connectivity index (χ2n) is 11.3. The molecule has 3 aliphatic heterocycles. The summed E-state index contributed by atoms with van der Waals surface area (Å²) in [5.74, 6) is 0.205. The van der Waals surface area contributed by atoms with Crippen molar-refractivity contribution in [1.82, 2.24) is 0 Å². The molecule has 6 rings (SSSR count). The Balaban J connectivity index is 1.50. The number of amides is 1. The summed E-state index contributed by atoms with van der Waals surface area (Å²) in [4.78, 5) is 28.6. The van der Waals surface area contributed by atoms with Crippen molar-refractivity contribution in [3.05, 3.63) is 88.5 Å². The van der Waals surface area contributed by atoms with Crippen molar-refractivity contribution in [3.63, 3.8) is 0 Å². The lowest BCUT2D eigenvalue weighted by Crippen LogP contribution is -2.29. The average molecular weight is 526 g/mol. The van der Waals surface area contributed by atoms with Crippen LogP contribution in [0.4, 0.5) is 5.69 Å². The number of ether oxygens (including phenoxy) is 3. The van der Waals surface area contributed by atoms with Crippen LogP contribution in [0.5, 0.6) is 17.2 Å². The van der Waals surface area contributed by atoms with E-state index < -0.39 is 17.7 Å². The third kappa shape index (κ3) is 4.32. The molecule has 3 heterocycles. The molecule has 7 heteroatoms. The second-order valence-corrected chi connectivity index (χ2v) is 11.3. The van der Waals surface area contributed by atoms with Gasteiger partial charge in [0.25, 0.3) is 11.7 Å². The zero-order valence-corrected chi connectivity index (χ0v) is 22.5. The van der Waals surface area contributed by atoms with Gasteiger partial charge in [-0.2, -0.15) is 0 Å². The van der Waals surface area contributed by atoms with Crippen LogP contribution in [0.15, 0.2) is 66.2 Å². The van der Waals surface area contributed by atoms with Gasteiger partial charge < -0.3 is 19.3 Å². The van der Waals surface area contributed by atoms with E-state index in [0.29, 0.717) is 42.4 Å². The summed E-state index contributed by atoms with van der Waals surface area (Å²) in [6.45, 7) is 9.21. The van der Waals surface area contributed by atoms with Gasteiger partial charge in [0, 0.05) is 23.7 Å². The van der Waals surface area contributed by atoms with Crippen molar-refractivity contribution in [3.8, 4) is 17.2 Å². The lowest BCUT2D eigenvalue weighted by Gasteiger charge is -2.28. The van der Waals surface area contributed by atoms with Gasteiger partial charge in [0.2, 0.25) is 0 Å². The Bertz CT molecular complexity index is 1510. The fraction of sp³-hybridized carbons (Fsp3) is 0.312. The third-order valence-corrected chi connectivity index (χ3v) is 7.51. The van der Waals surface area contributed by atoms with Crippen LogP contribution in [-0.2, 0) is 21.4 Å². The molecule has 39 heavy (non-hydrogen) atoms. The van der Waals surface area contributed by atoms with Gasteiger partial charge >= 0.3 is 0 Å². The van der Waals surface area contributed by atoms with E-state index in [1.165, 1.54) is 4.90 Å². The summed E-state index contributed by atoms with van der Waals surface area (Å²) in [5.41, 5.74) is 3.74.